The number of carbonyl (C=O) groups excluding carboxylic acids is 1. The number of aromatic nitrogens is 4. The molecule has 2 N–H and O–H groups in total. The SMILES string of the molecule is C[C@H](Sc1n[nH]c2nc3ccccc3n12)C(=O)NCc1ccc2c(c1)OCO2. The molecule has 0 unspecified atom stereocenters. The van der Waals surface area contributed by atoms with Crippen molar-refractivity contribution in [3.63, 3.8) is 0 Å². The Morgan fingerprint density at radius 2 is 2.14 bits per heavy atom. The lowest BCUT2D eigenvalue weighted by Crippen LogP contribution is -2.30. The van der Waals surface area contributed by atoms with Gasteiger partial charge < -0.3 is 14.8 Å². The normalized spacial score (nSPS) is 13.9. The molecule has 0 fully saturated rings. The van der Waals surface area contributed by atoms with Crippen LogP contribution in [0.25, 0.3) is 16.8 Å². The van der Waals surface area contributed by atoms with Crippen LogP contribution in [0.4, 0.5) is 0 Å². The Labute approximate surface area is 164 Å². The van der Waals surface area contributed by atoms with Crippen LogP contribution in [-0.4, -0.2) is 37.5 Å². The molecule has 4 aromatic rings. The molecule has 8 nitrogen and oxygen atoms in total. The van der Waals surface area contributed by atoms with E-state index in [1.54, 1.807) is 0 Å². The minimum Gasteiger partial charge on any atom is -0.454 e. The minimum atomic E-state index is -0.318. The quantitative estimate of drug-likeness (QED) is 0.505. The monoisotopic (exact) mass is 395 g/mol. The number of amides is 1. The van der Waals surface area contributed by atoms with Gasteiger partial charge in [-0.1, -0.05) is 30.0 Å². The van der Waals surface area contributed by atoms with Crippen LogP contribution >= 0.6 is 11.8 Å². The summed E-state index contributed by atoms with van der Waals surface area (Å²) in [6.07, 6.45) is 0. The average molecular weight is 395 g/mol. The fourth-order valence-corrected chi connectivity index (χ4v) is 4.01. The van der Waals surface area contributed by atoms with Gasteiger partial charge in [-0.3, -0.25) is 9.20 Å². The van der Waals surface area contributed by atoms with Crippen molar-refractivity contribution in [1.29, 1.82) is 0 Å². The zero-order valence-electron chi connectivity index (χ0n) is 15.0. The summed E-state index contributed by atoms with van der Waals surface area (Å²) < 4.78 is 12.6. The Hall–Kier alpha value is -3.20. The molecule has 1 aliphatic rings. The molecule has 0 radical (unpaired) electrons. The van der Waals surface area contributed by atoms with Crippen LogP contribution in [0.1, 0.15) is 12.5 Å². The van der Waals surface area contributed by atoms with Crippen molar-refractivity contribution in [3.8, 4) is 11.5 Å². The van der Waals surface area contributed by atoms with Crippen molar-refractivity contribution < 1.29 is 14.3 Å². The number of fused-ring (bicyclic) bond motifs is 4. The third-order valence-corrected chi connectivity index (χ3v) is 5.61. The average Bonchev–Trinajstić information content (AvgIpc) is 3.41. The first-order valence-electron chi connectivity index (χ1n) is 8.83. The van der Waals surface area contributed by atoms with E-state index in [1.165, 1.54) is 11.8 Å². The first-order chi connectivity index (χ1) is 13.7. The molecule has 2 aromatic heterocycles. The third kappa shape index (κ3) is 2.93. The maximum absolute atomic E-state index is 12.6. The van der Waals surface area contributed by atoms with Crippen LogP contribution in [0.3, 0.4) is 0 Å². The number of rotatable bonds is 5. The smallest absolute Gasteiger partial charge is 0.233 e. The van der Waals surface area contributed by atoms with E-state index in [0.717, 1.165) is 22.3 Å². The van der Waals surface area contributed by atoms with E-state index in [0.29, 0.717) is 23.2 Å². The number of aromatic amines is 1. The van der Waals surface area contributed by atoms with Gasteiger partial charge in [0, 0.05) is 6.54 Å². The number of hydrogen-bond acceptors (Lipinski definition) is 6. The van der Waals surface area contributed by atoms with Crippen LogP contribution < -0.4 is 14.8 Å². The summed E-state index contributed by atoms with van der Waals surface area (Å²) in [4.78, 5) is 17.1. The van der Waals surface area contributed by atoms with Gasteiger partial charge in [-0.25, -0.2) is 10.1 Å². The number of nitrogens with zero attached hydrogens (tertiary/aromatic N) is 3. The molecule has 0 bridgehead atoms. The molecular weight excluding hydrogens is 378 g/mol. The van der Waals surface area contributed by atoms with Crippen LogP contribution in [0, 0.1) is 0 Å². The first kappa shape index (κ1) is 16.9. The summed E-state index contributed by atoms with van der Waals surface area (Å²) in [7, 11) is 0. The summed E-state index contributed by atoms with van der Waals surface area (Å²) >= 11 is 1.39. The number of imidazole rings is 1. The zero-order chi connectivity index (χ0) is 19.1. The van der Waals surface area contributed by atoms with Gasteiger partial charge in [0.15, 0.2) is 16.7 Å². The number of H-pyrrole nitrogens is 1. The number of benzene rings is 2. The van der Waals surface area contributed by atoms with E-state index in [2.05, 4.69) is 20.5 Å². The highest BCUT2D eigenvalue weighted by molar-refractivity contribution is 8.00. The van der Waals surface area contributed by atoms with Crippen LogP contribution in [0.5, 0.6) is 11.5 Å². The highest BCUT2D eigenvalue weighted by Crippen LogP contribution is 2.32. The Bertz CT molecular complexity index is 1180. The Morgan fingerprint density at radius 1 is 1.29 bits per heavy atom. The number of nitrogens with one attached hydrogen (secondary N) is 2. The van der Waals surface area contributed by atoms with Crippen molar-refractivity contribution in [2.45, 2.75) is 23.9 Å². The van der Waals surface area contributed by atoms with Crippen LogP contribution in [0.2, 0.25) is 0 Å². The summed E-state index contributed by atoms with van der Waals surface area (Å²) in [6.45, 7) is 2.52. The first-order valence-corrected chi connectivity index (χ1v) is 9.71. The molecule has 1 amide bonds. The Kier molecular flexibility index (Phi) is 4.09. The highest BCUT2D eigenvalue weighted by Gasteiger charge is 2.20. The molecule has 0 saturated heterocycles. The molecule has 1 atom stereocenters. The van der Waals surface area contributed by atoms with E-state index >= 15 is 0 Å². The molecular formula is C19H17N5O3S. The van der Waals surface area contributed by atoms with E-state index < -0.39 is 0 Å². The molecule has 5 rings (SSSR count). The summed E-state index contributed by atoms with van der Waals surface area (Å²) in [5.41, 5.74) is 2.80. The standard InChI is InChI=1S/C19H17N5O3S/c1-11(17(25)20-9-12-6-7-15-16(8-12)27-10-26-15)28-19-23-22-18-21-13-4-2-3-5-14(13)24(18)19/h2-8,11H,9-10H2,1H3,(H,20,25)(H,21,22)/t11-/m0/s1. The van der Waals surface area contributed by atoms with Gasteiger partial charge in [0.25, 0.3) is 0 Å². The number of ether oxygens (including phenoxy) is 2. The van der Waals surface area contributed by atoms with Gasteiger partial charge in [0.2, 0.25) is 18.5 Å². The third-order valence-electron chi connectivity index (χ3n) is 4.56. The van der Waals surface area contributed by atoms with Crippen LogP contribution in [0.15, 0.2) is 47.6 Å². The summed E-state index contributed by atoms with van der Waals surface area (Å²) in [5, 5.41) is 10.6. The van der Waals surface area contributed by atoms with Gasteiger partial charge in [0.1, 0.15) is 0 Å². The van der Waals surface area contributed by atoms with Crippen molar-refractivity contribution in [3.05, 3.63) is 48.0 Å². The molecule has 0 saturated carbocycles. The fraction of sp³-hybridized carbons (Fsp3) is 0.211. The highest BCUT2D eigenvalue weighted by atomic mass is 32.2. The number of carbonyl (C=O) groups is 1. The van der Waals surface area contributed by atoms with Gasteiger partial charge in [0.05, 0.1) is 16.3 Å². The van der Waals surface area contributed by atoms with Gasteiger partial charge in [-0.2, -0.15) is 0 Å². The number of thioether (sulfide) groups is 1. The lowest BCUT2D eigenvalue weighted by molar-refractivity contribution is -0.120. The lowest BCUT2D eigenvalue weighted by Gasteiger charge is -2.11. The van der Waals surface area contributed by atoms with E-state index in [9.17, 15) is 4.79 Å². The van der Waals surface area contributed by atoms with Crippen molar-refractivity contribution >= 4 is 34.5 Å². The second kappa shape index (κ2) is 6.75. The summed E-state index contributed by atoms with van der Waals surface area (Å²) in [6, 6.07) is 13.5. The predicted octanol–water partition coefficient (Wildman–Crippen LogP) is 2.74. The molecule has 9 heteroatoms. The molecule has 2 aromatic carbocycles. The maximum atomic E-state index is 12.6. The molecule has 1 aliphatic heterocycles. The number of para-hydroxylation sites is 2. The van der Waals surface area contributed by atoms with E-state index in [4.69, 9.17) is 9.47 Å². The minimum absolute atomic E-state index is 0.0664. The molecule has 142 valence electrons. The predicted molar refractivity (Wildman–Crippen MR) is 105 cm³/mol. The van der Waals surface area contributed by atoms with E-state index in [1.807, 2.05) is 53.8 Å². The topological polar surface area (TPSA) is 93.5 Å². The second-order valence-electron chi connectivity index (χ2n) is 6.43. The van der Waals surface area contributed by atoms with Crippen molar-refractivity contribution in [2.75, 3.05) is 6.79 Å². The van der Waals surface area contributed by atoms with Gasteiger partial charge in [-0.15, -0.1) is 5.10 Å². The zero-order valence-corrected chi connectivity index (χ0v) is 15.8. The molecule has 3 heterocycles. The second-order valence-corrected chi connectivity index (χ2v) is 7.74. The summed E-state index contributed by atoms with van der Waals surface area (Å²) in [5.74, 6) is 2.04. The molecule has 0 spiro atoms. The van der Waals surface area contributed by atoms with E-state index in [-0.39, 0.29) is 18.0 Å². The van der Waals surface area contributed by atoms with Crippen molar-refractivity contribution in [1.82, 2.24) is 24.9 Å². The Balaban J connectivity index is 1.28. The van der Waals surface area contributed by atoms with Gasteiger partial charge in [-0.05, 0) is 36.8 Å². The number of hydrogen-bond donors (Lipinski definition) is 2. The van der Waals surface area contributed by atoms with Gasteiger partial charge >= 0.3 is 0 Å². The Morgan fingerprint density at radius 3 is 3.07 bits per heavy atom. The maximum Gasteiger partial charge on any atom is 0.233 e. The molecule has 28 heavy (non-hydrogen) atoms. The van der Waals surface area contributed by atoms with Crippen LogP contribution in [-0.2, 0) is 11.3 Å². The largest absolute Gasteiger partial charge is 0.454 e. The fourth-order valence-electron chi connectivity index (χ4n) is 3.12. The molecule has 0 aliphatic carbocycles. The lowest BCUT2D eigenvalue weighted by atomic mass is 10.2. The van der Waals surface area contributed by atoms with Crippen molar-refractivity contribution in [2.24, 2.45) is 0 Å².